The molecule has 94 valence electrons. The summed E-state index contributed by atoms with van der Waals surface area (Å²) in [5.74, 6) is -0.986. The molecule has 2 atom stereocenters. The minimum atomic E-state index is -0.539. The predicted molar refractivity (Wildman–Crippen MR) is 74.5 cm³/mol. The van der Waals surface area contributed by atoms with Gasteiger partial charge in [0, 0.05) is 16.6 Å². The Kier molecular flexibility index (Phi) is 9.94. The molecule has 6 heteroatoms. The van der Waals surface area contributed by atoms with Gasteiger partial charge < -0.3 is 4.74 Å². The molecule has 0 aliphatic heterocycles. The molecule has 0 spiro atoms. The third kappa shape index (κ3) is 7.01. The maximum Gasteiger partial charge on any atom is 0.328 e. The largest absolute Gasteiger partial charge is 0.392 e. The van der Waals surface area contributed by atoms with Crippen molar-refractivity contribution >= 4 is 59.7 Å². The third-order valence-electron chi connectivity index (χ3n) is 1.89. The zero-order valence-corrected chi connectivity index (χ0v) is 13.8. The molecular weight excluding hydrogens is 408 g/mol. The molecule has 0 aliphatic rings. The van der Waals surface area contributed by atoms with Crippen LogP contribution in [0.2, 0.25) is 0 Å². The normalized spacial score (nSPS) is 14.2. The second kappa shape index (κ2) is 9.59. The first kappa shape index (κ1) is 16.6. The van der Waals surface area contributed by atoms with E-state index in [-0.39, 0.29) is 4.83 Å². The summed E-state index contributed by atoms with van der Waals surface area (Å²) in [5.41, 5.74) is 0. The molecule has 0 saturated carbocycles. The number of hydrogen-bond donors (Lipinski definition) is 0. The molecule has 0 heterocycles. The van der Waals surface area contributed by atoms with Crippen LogP contribution in [0.25, 0.3) is 0 Å². The van der Waals surface area contributed by atoms with Gasteiger partial charge in [0.15, 0.2) is 0 Å². The topological polar surface area (TPSA) is 43.4 Å². The smallest absolute Gasteiger partial charge is 0.328 e. The van der Waals surface area contributed by atoms with Crippen molar-refractivity contribution in [3.63, 3.8) is 0 Å². The zero-order chi connectivity index (χ0) is 12.6. The predicted octanol–water partition coefficient (Wildman–Crippen LogP) is 3.56. The Hall–Kier alpha value is 0.580. The van der Waals surface area contributed by atoms with Crippen LogP contribution < -0.4 is 0 Å². The van der Waals surface area contributed by atoms with E-state index in [1.54, 1.807) is 0 Å². The molecule has 0 aliphatic carbocycles. The van der Waals surface area contributed by atoms with Crippen LogP contribution in [0, 0.1) is 0 Å². The Morgan fingerprint density at radius 1 is 1.25 bits per heavy atom. The number of carbonyl (C=O) groups is 2. The summed E-state index contributed by atoms with van der Waals surface area (Å²) < 4.78 is 4.71. The van der Waals surface area contributed by atoms with Crippen LogP contribution in [0.5, 0.6) is 0 Å². The number of hydrogen-bond acceptors (Lipinski definition) is 3. The van der Waals surface area contributed by atoms with Gasteiger partial charge in [-0.3, -0.25) is 9.59 Å². The molecular formula is C10H15Br3O3. The molecule has 3 nitrogen and oxygen atoms in total. The van der Waals surface area contributed by atoms with Crippen LogP contribution >= 0.6 is 47.8 Å². The average Bonchev–Trinajstić information content (AvgIpc) is 2.27. The summed E-state index contributed by atoms with van der Waals surface area (Å²) >= 11 is 9.70. The van der Waals surface area contributed by atoms with Crippen molar-refractivity contribution in [2.24, 2.45) is 0 Å². The van der Waals surface area contributed by atoms with E-state index in [0.29, 0.717) is 11.8 Å². The van der Waals surface area contributed by atoms with Gasteiger partial charge >= 0.3 is 11.9 Å². The molecule has 0 aromatic carbocycles. The fraction of sp³-hybridized carbons (Fsp3) is 0.800. The molecule has 0 bridgehead atoms. The quantitative estimate of drug-likeness (QED) is 0.273. The fourth-order valence-electron chi connectivity index (χ4n) is 0.965. The first-order chi connectivity index (χ1) is 7.52. The molecule has 0 aromatic rings. The van der Waals surface area contributed by atoms with E-state index in [2.05, 4.69) is 54.7 Å². The van der Waals surface area contributed by atoms with Crippen molar-refractivity contribution in [3.8, 4) is 0 Å². The highest BCUT2D eigenvalue weighted by Gasteiger charge is 2.26. The Morgan fingerprint density at radius 2 is 1.88 bits per heavy atom. The maximum absolute atomic E-state index is 11.4. The third-order valence-corrected chi connectivity index (χ3v) is 6.03. The zero-order valence-electron chi connectivity index (χ0n) is 9.05. The molecule has 0 N–H and O–H groups in total. The van der Waals surface area contributed by atoms with Crippen molar-refractivity contribution in [2.75, 3.05) is 5.33 Å². The van der Waals surface area contributed by atoms with Crippen molar-refractivity contribution in [1.82, 2.24) is 0 Å². The van der Waals surface area contributed by atoms with Gasteiger partial charge in [0.05, 0.1) is 0 Å². The van der Waals surface area contributed by atoms with Gasteiger partial charge in [0.25, 0.3) is 0 Å². The summed E-state index contributed by atoms with van der Waals surface area (Å²) in [7, 11) is 0. The molecule has 0 saturated heterocycles. The summed E-state index contributed by atoms with van der Waals surface area (Å²) in [4.78, 5) is 22.1. The van der Waals surface area contributed by atoms with Crippen LogP contribution in [0.4, 0.5) is 0 Å². The van der Waals surface area contributed by atoms with Gasteiger partial charge in [-0.25, -0.2) is 0 Å². The van der Waals surface area contributed by atoms with Crippen LogP contribution in [0.1, 0.15) is 32.6 Å². The van der Waals surface area contributed by atoms with Crippen molar-refractivity contribution < 1.29 is 14.3 Å². The molecule has 0 radical (unpaired) electrons. The Bertz CT molecular complexity index is 233. The van der Waals surface area contributed by atoms with Gasteiger partial charge in [-0.1, -0.05) is 67.6 Å². The van der Waals surface area contributed by atoms with Crippen LogP contribution in [0.3, 0.4) is 0 Å². The highest BCUT2D eigenvalue weighted by atomic mass is 79.9. The Labute approximate surface area is 121 Å². The summed E-state index contributed by atoms with van der Waals surface area (Å²) in [5, 5.41) is 0.599. The number of carbonyl (C=O) groups excluding carboxylic acids is 2. The number of esters is 2. The minimum absolute atomic E-state index is 0.0940. The number of rotatable bonds is 7. The molecule has 0 amide bonds. The lowest BCUT2D eigenvalue weighted by molar-refractivity contribution is -0.159. The maximum atomic E-state index is 11.4. The van der Waals surface area contributed by atoms with E-state index in [4.69, 9.17) is 4.74 Å². The number of alkyl halides is 3. The Balaban J connectivity index is 3.90. The average molecular weight is 423 g/mol. The van der Waals surface area contributed by atoms with Gasteiger partial charge in [-0.2, -0.15) is 0 Å². The van der Waals surface area contributed by atoms with E-state index in [0.717, 1.165) is 19.3 Å². The molecule has 0 fully saturated rings. The van der Waals surface area contributed by atoms with E-state index < -0.39 is 16.8 Å². The molecule has 0 rings (SSSR count). The monoisotopic (exact) mass is 420 g/mol. The summed E-state index contributed by atoms with van der Waals surface area (Å²) in [6.07, 6.45) is 3.09. The summed E-state index contributed by atoms with van der Waals surface area (Å²) in [6.45, 7) is 2.05. The second-order valence-electron chi connectivity index (χ2n) is 3.32. The van der Waals surface area contributed by atoms with E-state index in [9.17, 15) is 9.59 Å². The first-order valence-corrected chi connectivity index (χ1v) is 8.06. The SMILES string of the molecule is CCCCCC(=O)OC(=O)C(Br)C(Br)CBr. The highest BCUT2D eigenvalue weighted by molar-refractivity contribution is 9.13. The van der Waals surface area contributed by atoms with E-state index >= 15 is 0 Å². The number of unbranched alkanes of at least 4 members (excludes halogenated alkanes) is 2. The van der Waals surface area contributed by atoms with Gasteiger partial charge in [0.2, 0.25) is 0 Å². The lowest BCUT2D eigenvalue weighted by atomic mass is 10.2. The molecule has 16 heavy (non-hydrogen) atoms. The number of ether oxygens (including phenoxy) is 1. The lowest BCUT2D eigenvalue weighted by Gasteiger charge is -2.12. The van der Waals surface area contributed by atoms with Crippen LogP contribution in [0.15, 0.2) is 0 Å². The van der Waals surface area contributed by atoms with Crippen molar-refractivity contribution in [3.05, 3.63) is 0 Å². The highest BCUT2D eigenvalue weighted by Crippen LogP contribution is 2.18. The fourth-order valence-corrected chi connectivity index (χ4v) is 2.34. The van der Waals surface area contributed by atoms with Crippen molar-refractivity contribution in [1.29, 1.82) is 0 Å². The first-order valence-electron chi connectivity index (χ1n) is 5.11. The second-order valence-corrected chi connectivity index (χ2v) is 6.13. The summed E-state index contributed by atoms with van der Waals surface area (Å²) in [6, 6.07) is 0. The Morgan fingerprint density at radius 3 is 2.38 bits per heavy atom. The van der Waals surface area contributed by atoms with Crippen LogP contribution in [-0.4, -0.2) is 26.9 Å². The minimum Gasteiger partial charge on any atom is -0.392 e. The van der Waals surface area contributed by atoms with Gasteiger partial charge in [-0.05, 0) is 6.42 Å². The molecule has 2 unspecified atom stereocenters. The number of halogens is 3. The van der Waals surface area contributed by atoms with Crippen LogP contribution in [-0.2, 0) is 14.3 Å². The van der Waals surface area contributed by atoms with E-state index in [1.807, 2.05) is 0 Å². The van der Waals surface area contributed by atoms with Gasteiger partial charge in [0.1, 0.15) is 4.83 Å². The van der Waals surface area contributed by atoms with Gasteiger partial charge in [-0.15, -0.1) is 0 Å². The standard InChI is InChI=1S/C10H15Br3O3/c1-2-3-4-5-8(14)16-10(15)9(13)7(12)6-11/h7,9H,2-6H2,1H3. The molecule has 0 aromatic heterocycles. The van der Waals surface area contributed by atoms with E-state index in [1.165, 1.54) is 0 Å². The van der Waals surface area contributed by atoms with Crippen molar-refractivity contribution in [2.45, 2.75) is 42.3 Å². The lowest BCUT2D eigenvalue weighted by Crippen LogP contribution is -2.29.